The van der Waals surface area contributed by atoms with Crippen LogP contribution in [0.2, 0.25) is 5.02 Å². The highest BCUT2D eigenvalue weighted by atomic mass is 127. The Morgan fingerprint density at radius 1 is 1.05 bits per heavy atom. The van der Waals surface area contributed by atoms with E-state index in [2.05, 4.69) is 50.5 Å². The van der Waals surface area contributed by atoms with Crippen molar-refractivity contribution < 1.29 is 24.0 Å². The maximum Gasteiger partial charge on any atom is 0.335 e. The van der Waals surface area contributed by atoms with Crippen molar-refractivity contribution in [2.45, 2.75) is 13.5 Å². The predicted octanol–water partition coefficient (Wildman–Crippen LogP) is 6.01. The molecule has 188 valence electrons. The van der Waals surface area contributed by atoms with Crippen LogP contribution in [0.3, 0.4) is 0 Å². The summed E-state index contributed by atoms with van der Waals surface area (Å²) in [4.78, 5) is 49.4. The van der Waals surface area contributed by atoms with Crippen molar-refractivity contribution in [3.8, 4) is 5.75 Å². The van der Waals surface area contributed by atoms with Gasteiger partial charge in [0.15, 0.2) is 0 Å². The molecule has 0 unspecified atom stereocenters. The lowest BCUT2D eigenvalue weighted by atomic mass is 10.1. The second kappa shape index (κ2) is 11.1. The second-order valence-corrected chi connectivity index (χ2v) is 10.6. The molecule has 0 radical (unpaired) electrons. The van der Waals surface area contributed by atoms with Gasteiger partial charge in [-0.25, -0.2) is 9.69 Å². The number of non-ortho nitro benzene ring substituents is 1. The first-order valence-corrected chi connectivity index (χ1v) is 13.1. The highest BCUT2D eigenvalue weighted by molar-refractivity contribution is 14.1. The number of urea groups is 1. The number of hydrogen-bond donors (Lipinski definition) is 1. The van der Waals surface area contributed by atoms with Crippen LogP contribution >= 0.6 is 56.8 Å². The predicted molar refractivity (Wildman–Crippen MR) is 154 cm³/mol. The summed E-state index contributed by atoms with van der Waals surface area (Å²) >= 11 is 10.3. The fraction of sp³-hybridized carbons (Fsp3) is 0.0800. The summed E-state index contributed by atoms with van der Waals surface area (Å²) in [5.74, 6) is -0.975. The van der Waals surface area contributed by atoms with Crippen molar-refractivity contribution in [1.29, 1.82) is 0 Å². The molecule has 1 N–H and O–H groups in total. The maximum absolute atomic E-state index is 13.2. The molecular weight excluding hydrogens is 728 g/mol. The Kier molecular flexibility index (Phi) is 8.14. The number of nitrogens with one attached hydrogen (secondary N) is 1. The van der Waals surface area contributed by atoms with Gasteiger partial charge in [-0.2, -0.15) is 0 Å². The van der Waals surface area contributed by atoms with Crippen molar-refractivity contribution in [3.63, 3.8) is 0 Å². The minimum absolute atomic E-state index is 0.00246. The lowest BCUT2D eigenvalue weighted by Gasteiger charge is -2.26. The van der Waals surface area contributed by atoms with E-state index < -0.39 is 22.8 Å². The molecule has 0 spiro atoms. The third-order valence-corrected chi connectivity index (χ3v) is 7.39. The molecule has 0 atom stereocenters. The summed E-state index contributed by atoms with van der Waals surface area (Å²) in [5, 5.41) is 13.4. The number of carbonyl (C=O) groups is 3. The van der Waals surface area contributed by atoms with E-state index in [4.69, 9.17) is 16.3 Å². The summed E-state index contributed by atoms with van der Waals surface area (Å²) in [6.45, 7) is 1.99. The molecule has 1 fully saturated rings. The zero-order valence-corrected chi connectivity index (χ0v) is 24.0. The zero-order valence-electron chi connectivity index (χ0n) is 19.0. The third kappa shape index (κ3) is 5.93. The fourth-order valence-electron chi connectivity index (χ4n) is 3.45. The first-order chi connectivity index (χ1) is 17.5. The van der Waals surface area contributed by atoms with Crippen LogP contribution in [-0.2, 0) is 16.2 Å². The number of barbiturate groups is 1. The van der Waals surface area contributed by atoms with E-state index in [1.165, 1.54) is 24.3 Å². The number of imide groups is 2. The van der Waals surface area contributed by atoms with Crippen molar-refractivity contribution in [1.82, 2.24) is 5.32 Å². The zero-order chi connectivity index (χ0) is 26.9. The largest absolute Gasteiger partial charge is 0.487 e. The minimum atomic E-state index is -0.855. The number of benzene rings is 3. The summed E-state index contributed by atoms with van der Waals surface area (Å²) in [7, 11) is 0. The lowest BCUT2D eigenvalue weighted by molar-refractivity contribution is -0.384. The van der Waals surface area contributed by atoms with Crippen LogP contribution in [0.4, 0.5) is 16.2 Å². The number of halogens is 3. The van der Waals surface area contributed by atoms with Crippen LogP contribution in [0.25, 0.3) is 6.08 Å². The van der Waals surface area contributed by atoms with Crippen LogP contribution < -0.4 is 15.0 Å². The second-order valence-electron chi connectivity index (χ2n) is 7.92. The maximum atomic E-state index is 13.2. The van der Waals surface area contributed by atoms with Crippen LogP contribution in [-0.4, -0.2) is 22.8 Å². The Morgan fingerprint density at radius 2 is 1.70 bits per heavy atom. The first kappa shape index (κ1) is 27.0. The molecule has 0 saturated carbocycles. The first-order valence-electron chi connectivity index (χ1n) is 10.6. The van der Waals surface area contributed by atoms with Gasteiger partial charge in [0.25, 0.3) is 17.5 Å². The summed E-state index contributed by atoms with van der Waals surface area (Å²) in [6, 6.07) is 13.4. The van der Waals surface area contributed by atoms with Crippen LogP contribution in [0.1, 0.15) is 16.7 Å². The van der Waals surface area contributed by atoms with Gasteiger partial charge in [-0.3, -0.25) is 25.0 Å². The van der Waals surface area contributed by atoms with E-state index in [0.717, 1.165) is 23.2 Å². The number of nitrogens with zero attached hydrogens (tertiary/aromatic N) is 2. The molecule has 1 heterocycles. The summed E-state index contributed by atoms with van der Waals surface area (Å²) in [5.41, 5.74) is 2.14. The quantitative estimate of drug-likeness (QED) is 0.109. The number of amides is 4. The third-order valence-electron chi connectivity index (χ3n) is 5.38. The minimum Gasteiger partial charge on any atom is -0.487 e. The molecule has 9 nitrogen and oxygen atoms in total. The van der Waals surface area contributed by atoms with Crippen molar-refractivity contribution in [2.75, 3.05) is 4.90 Å². The Bertz CT molecular complexity index is 1470. The Morgan fingerprint density at radius 3 is 2.30 bits per heavy atom. The topological polar surface area (TPSA) is 119 Å². The van der Waals surface area contributed by atoms with E-state index in [1.807, 2.05) is 0 Å². The van der Waals surface area contributed by atoms with Gasteiger partial charge in [-0.05, 0) is 111 Å². The van der Waals surface area contributed by atoms with Crippen molar-refractivity contribution in [3.05, 3.63) is 99.1 Å². The molecule has 3 aromatic rings. The SMILES string of the molecule is Cc1ccc(N2C(=O)NC(=O)/C(=C/c3cc(I)c(OCc4ccc([N+](=O)[O-])cc4)c(I)c3)C2=O)cc1Cl. The molecule has 0 bridgehead atoms. The van der Waals surface area contributed by atoms with E-state index >= 15 is 0 Å². The molecular formula is C25H16ClI2N3O6. The summed E-state index contributed by atoms with van der Waals surface area (Å²) in [6.07, 6.45) is 1.41. The van der Waals surface area contributed by atoms with E-state index in [1.54, 1.807) is 43.3 Å². The fourth-order valence-corrected chi connectivity index (χ4v) is 5.75. The van der Waals surface area contributed by atoms with Gasteiger partial charge < -0.3 is 4.74 Å². The number of anilines is 1. The Labute approximate surface area is 243 Å². The smallest absolute Gasteiger partial charge is 0.335 e. The van der Waals surface area contributed by atoms with Crippen molar-refractivity contribution >= 4 is 92.1 Å². The number of ether oxygens (including phenoxy) is 1. The number of aryl methyl sites for hydroxylation is 1. The Balaban J connectivity index is 1.58. The molecule has 1 saturated heterocycles. The highest BCUT2D eigenvalue weighted by Crippen LogP contribution is 2.32. The normalized spacial score (nSPS) is 14.6. The molecule has 1 aliphatic rings. The highest BCUT2D eigenvalue weighted by Gasteiger charge is 2.37. The van der Waals surface area contributed by atoms with Gasteiger partial charge in [0, 0.05) is 17.2 Å². The van der Waals surface area contributed by atoms with Gasteiger partial charge in [-0.15, -0.1) is 0 Å². The number of nitro benzene ring substituents is 1. The van der Waals surface area contributed by atoms with E-state index in [0.29, 0.717) is 16.3 Å². The van der Waals surface area contributed by atoms with Crippen LogP contribution in [0.15, 0.2) is 60.2 Å². The van der Waals surface area contributed by atoms with Gasteiger partial charge in [0.2, 0.25) is 0 Å². The molecule has 4 rings (SSSR count). The van der Waals surface area contributed by atoms with E-state index in [9.17, 15) is 24.5 Å². The van der Waals surface area contributed by atoms with Crippen LogP contribution in [0.5, 0.6) is 5.75 Å². The molecule has 0 aliphatic carbocycles. The number of carbonyl (C=O) groups excluding carboxylic acids is 3. The number of rotatable bonds is 6. The van der Waals surface area contributed by atoms with Gasteiger partial charge in [0.1, 0.15) is 17.9 Å². The molecule has 12 heteroatoms. The molecule has 3 aromatic carbocycles. The van der Waals surface area contributed by atoms with Crippen LogP contribution in [0, 0.1) is 24.2 Å². The van der Waals surface area contributed by atoms with Gasteiger partial charge in [-0.1, -0.05) is 17.7 Å². The average molecular weight is 744 g/mol. The molecule has 4 amide bonds. The standard InChI is InChI=1S/C25H16ClI2N3O6/c1-13-2-5-17(11-19(13)26)30-24(33)18(23(32)29-25(30)34)8-15-9-20(27)22(21(28)10-15)37-12-14-3-6-16(7-4-14)31(35)36/h2-11H,12H2,1H3,(H,29,32,34)/b18-8-. The Hall–Kier alpha value is -3.04. The average Bonchev–Trinajstić information content (AvgIpc) is 2.83. The number of hydrogen-bond acceptors (Lipinski definition) is 6. The van der Waals surface area contributed by atoms with Gasteiger partial charge >= 0.3 is 6.03 Å². The monoisotopic (exact) mass is 743 g/mol. The molecule has 0 aromatic heterocycles. The van der Waals surface area contributed by atoms with Crippen molar-refractivity contribution in [2.24, 2.45) is 0 Å². The molecule has 37 heavy (non-hydrogen) atoms. The van der Waals surface area contributed by atoms with Gasteiger partial charge in [0.05, 0.1) is 17.8 Å². The number of nitro groups is 1. The molecule has 1 aliphatic heterocycles. The van der Waals surface area contributed by atoms with E-state index in [-0.39, 0.29) is 23.6 Å². The lowest BCUT2D eigenvalue weighted by Crippen LogP contribution is -2.54. The summed E-state index contributed by atoms with van der Waals surface area (Å²) < 4.78 is 7.38.